The second-order valence-corrected chi connectivity index (χ2v) is 7.86. The molecule has 5 rings (SSSR count). The average Bonchev–Trinajstić information content (AvgIpc) is 3.05. The van der Waals surface area contributed by atoms with Crippen LogP contribution in [0.5, 0.6) is 0 Å². The summed E-state index contributed by atoms with van der Waals surface area (Å²) in [5.74, 6) is 0.705. The number of morpholine rings is 1. The Kier molecular flexibility index (Phi) is 5.17. The third-order valence-electron chi connectivity index (χ3n) is 5.59. The number of ether oxygens (including phenoxy) is 1. The summed E-state index contributed by atoms with van der Waals surface area (Å²) < 4.78 is 8.91. The highest BCUT2D eigenvalue weighted by Crippen LogP contribution is 2.25. The Morgan fingerprint density at radius 3 is 2.58 bits per heavy atom. The number of hydrogen-bond acceptors (Lipinski definition) is 6. The number of halogens is 1. The first-order valence-electron chi connectivity index (χ1n) is 10.0. The fourth-order valence-electron chi connectivity index (χ4n) is 3.83. The summed E-state index contributed by atoms with van der Waals surface area (Å²) in [6.07, 6.45) is 7.02. The molecule has 0 radical (unpaired) electrons. The molecule has 1 aliphatic heterocycles. The molecule has 4 heterocycles. The number of aromatic nitrogens is 5. The minimum absolute atomic E-state index is 0.0551. The fourth-order valence-corrected chi connectivity index (χ4v) is 3.99. The Labute approximate surface area is 183 Å². The quantitative estimate of drug-likeness (QED) is 0.489. The van der Waals surface area contributed by atoms with Crippen molar-refractivity contribution >= 4 is 28.5 Å². The first kappa shape index (κ1) is 19.7. The van der Waals surface area contributed by atoms with E-state index in [0.717, 1.165) is 35.3 Å². The van der Waals surface area contributed by atoms with Gasteiger partial charge in [-0.2, -0.15) is 0 Å². The molecule has 31 heavy (non-hydrogen) atoms. The van der Waals surface area contributed by atoms with Crippen LogP contribution in [0.25, 0.3) is 22.0 Å². The van der Waals surface area contributed by atoms with Gasteiger partial charge in [0.2, 0.25) is 5.95 Å². The van der Waals surface area contributed by atoms with E-state index in [4.69, 9.17) is 16.3 Å². The van der Waals surface area contributed by atoms with Crippen molar-refractivity contribution in [2.24, 2.45) is 7.05 Å². The van der Waals surface area contributed by atoms with E-state index in [1.165, 1.54) is 0 Å². The predicted octanol–water partition coefficient (Wildman–Crippen LogP) is 2.73. The lowest BCUT2D eigenvalue weighted by Gasteiger charge is -2.26. The molecule has 0 aliphatic carbocycles. The summed E-state index contributed by atoms with van der Waals surface area (Å²) in [5, 5.41) is 1.27. The van der Waals surface area contributed by atoms with Crippen molar-refractivity contribution in [2.45, 2.75) is 6.54 Å². The van der Waals surface area contributed by atoms with Gasteiger partial charge in [0.1, 0.15) is 0 Å². The van der Waals surface area contributed by atoms with Crippen molar-refractivity contribution in [3.63, 3.8) is 0 Å². The van der Waals surface area contributed by atoms with E-state index in [2.05, 4.69) is 19.9 Å². The molecule has 0 bridgehead atoms. The third kappa shape index (κ3) is 3.68. The van der Waals surface area contributed by atoms with Crippen molar-refractivity contribution in [1.29, 1.82) is 0 Å². The van der Waals surface area contributed by atoms with Gasteiger partial charge in [-0.1, -0.05) is 17.7 Å². The fraction of sp³-hybridized carbons (Fsp3) is 0.273. The van der Waals surface area contributed by atoms with Crippen molar-refractivity contribution in [1.82, 2.24) is 24.3 Å². The number of nitrogens with zero attached hydrogens (tertiary/aromatic N) is 6. The Balaban J connectivity index is 1.52. The highest BCUT2D eigenvalue weighted by Gasteiger charge is 2.16. The van der Waals surface area contributed by atoms with Gasteiger partial charge >= 0.3 is 0 Å². The van der Waals surface area contributed by atoms with Crippen LogP contribution >= 0.6 is 11.6 Å². The molecule has 0 spiro atoms. The number of fused-ring (bicyclic) bond motifs is 1. The molecule has 1 saturated heterocycles. The van der Waals surface area contributed by atoms with E-state index >= 15 is 0 Å². The molecular weight excluding hydrogens is 416 g/mol. The van der Waals surface area contributed by atoms with Gasteiger partial charge < -0.3 is 9.64 Å². The number of rotatable bonds is 4. The van der Waals surface area contributed by atoms with E-state index in [1.807, 2.05) is 35.3 Å². The van der Waals surface area contributed by atoms with Gasteiger partial charge in [-0.15, -0.1) is 0 Å². The van der Waals surface area contributed by atoms with Gasteiger partial charge in [0, 0.05) is 61.1 Å². The minimum Gasteiger partial charge on any atom is -0.378 e. The molecule has 9 heteroatoms. The molecular formula is C22H21ClN6O2. The molecule has 0 amide bonds. The topological polar surface area (TPSA) is 78.1 Å². The Hall–Kier alpha value is -3.23. The maximum Gasteiger partial charge on any atom is 0.274 e. The summed E-state index contributed by atoms with van der Waals surface area (Å²) in [5.41, 5.74) is 3.45. The summed E-state index contributed by atoms with van der Waals surface area (Å²) in [6, 6.07) is 7.52. The predicted molar refractivity (Wildman–Crippen MR) is 120 cm³/mol. The molecule has 3 aromatic heterocycles. The highest BCUT2D eigenvalue weighted by molar-refractivity contribution is 6.31. The van der Waals surface area contributed by atoms with Crippen molar-refractivity contribution in [3.05, 3.63) is 70.0 Å². The summed E-state index contributed by atoms with van der Waals surface area (Å²) in [7, 11) is 1.76. The van der Waals surface area contributed by atoms with Gasteiger partial charge in [-0.05, 0) is 23.8 Å². The SMILES string of the molecule is Cn1c(=O)c2ccc(-c3cnc(N4CCOCC4)nc3)cc2n1Cc1cnccc1Cl. The normalized spacial score (nSPS) is 14.3. The van der Waals surface area contributed by atoms with Crippen LogP contribution in [0.1, 0.15) is 5.56 Å². The molecule has 0 atom stereocenters. The molecule has 0 unspecified atom stereocenters. The van der Waals surface area contributed by atoms with Crippen LogP contribution in [0.4, 0.5) is 5.95 Å². The summed E-state index contributed by atoms with van der Waals surface area (Å²) >= 11 is 6.32. The van der Waals surface area contributed by atoms with E-state index in [1.54, 1.807) is 30.2 Å². The zero-order chi connectivity index (χ0) is 21.4. The van der Waals surface area contributed by atoms with Crippen LogP contribution in [-0.2, 0) is 18.3 Å². The van der Waals surface area contributed by atoms with Crippen LogP contribution in [-0.4, -0.2) is 50.6 Å². The summed E-state index contributed by atoms with van der Waals surface area (Å²) in [4.78, 5) is 28.1. The van der Waals surface area contributed by atoms with Crippen LogP contribution in [0.2, 0.25) is 5.02 Å². The lowest BCUT2D eigenvalue weighted by atomic mass is 10.1. The van der Waals surface area contributed by atoms with Gasteiger partial charge in [0.05, 0.1) is 30.7 Å². The summed E-state index contributed by atoms with van der Waals surface area (Å²) in [6.45, 7) is 3.40. The standard InChI is InChI=1S/C22H21ClN6O2/c1-27-21(30)18-3-2-15(10-20(18)29(27)14-17-11-24-5-4-19(17)23)16-12-25-22(26-13-16)28-6-8-31-9-7-28/h2-5,10-13H,6-9,14H2,1H3. The second-order valence-electron chi connectivity index (χ2n) is 7.46. The molecule has 4 aromatic rings. The second kappa shape index (κ2) is 8.13. The number of benzene rings is 1. The number of pyridine rings is 1. The maximum absolute atomic E-state index is 12.7. The molecule has 0 saturated carbocycles. The van der Waals surface area contributed by atoms with Crippen molar-refractivity contribution in [2.75, 3.05) is 31.2 Å². The molecule has 1 fully saturated rings. The van der Waals surface area contributed by atoms with E-state index in [0.29, 0.717) is 36.1 Å². The van der Waals surface area contributed by atoms with Crippen molar-refractivity contribution in [3.8, 4) is 11.1 Å². The first-order chi connectivity index (χ1) is 15.1. The molecule has 158 valence electrons. The van der Waals surface area contributed by atoms with Crippen LogP contribution < -0.4 is 10.5 Å². The zero-order valence-corrected chi connectivity index (χ0v) is 17.8. The Morgan fingerprint density at radius 1 is 1.06 bits per heavy atom. The van der Waals surface area contributed by atoms with E-state index in [-0.39, 0.29) is 5.56 Å². The molecule has 1 aliphatic rings. The Morgan fingerprint density at radius 2 is 1.84 bits per heavy atom. The van der Waals surface area contributed by atoms with Crippen molar-refractivity contribution < 1.29 is 4.74 Å². The molecule has 0 N–H and O–H groups in total. The number of anilines is 1. The first-order valence-corrected chi connectivity index (χ1v) is 10.4. The van der Waals surface area contributed by atoms with Crippen LogP contribution in [0.15, 0.2) is 53.8 Å². The lowest BCUT2D eigenvalue weighted by Crippen LogP contribution is -2.37. The van der Waals surface area contributed by atoms with Crippen LogP contribution in [0, 0.1) is 0 Å². The Bertz CT molecular complexity index is 1290. The minimum atomic E-state index is -0.0551. The molecule has 8 nitrogen and oxygen atoms in total. The maximum atomic E-state index is 12.7. The third-order valence-corrected chi connectivity index (χ3v) is 5.96. The van der Waals surface area contributed by atoms with E-state index < -0.39 is 0 Å². The highest BCUT2D eigenvalue weighted by atomic mass is 35.5. The number of hydrogen-bond donors (Lipinski definition) is 0. The zero-order valence-electron chi connectivity index (χ0n) is 17.0. The van der Waals surface area contributed by atoms with Gasteiger partial charge in [-0.25, -0.2) is 9.97 Å². The molecule has 1 aromatic carbocycles. The van der Waals surface area contributed by atoms with Gasteiger partial charge in [0.25, 0.3) is 5.56 Å². The largest absolute Gasteiger partial charge is 0.378 e. The van der Waals surface area contributed by atoms with E-state index in [9.17, 15) is 4.79 Å². The van der Waals surface area contributed by atoms with Crippen LogP contribution in [0.3, 0.4) is 0 Å². The van der Waals surface area contributed by atoms with Gasteiger partial charge in [0.15, 0.2) is 0 Å². The average molecular weight is 437 g/mol. The van der Waals surface area contributed by atoms with Gasteiger partial charge in [-0.3, -0.25) is 19.1 Å². The monoisotopic (exact) mass is 436 g/mol. The smallest absolute Gasteiger partial charge is 0.274 e. The lowest BCUT2D eigenvalue weighted by molar-refractivity contribution is 0.122.